The van der Waals surface area contributed by atoms with E-state index in [1.54, 1.807) is 0 Å². The monoisotopic (exact) mass is 176 g/mol. The summed E-state index contributed by atoms with van der Waals surface area (Å²) in [7, 11) is -3.85. The van der Waals surface area contributed by atoms with Crippen LogP contribution in [0.25, 0.3) is 0 Å². The predicted molar refractivity (Wildman–Crippen MR) is 43.3 cm³/mol. The first-order chi connectivity index (χ1) is 4.83. The standard InChI is InChI=1S/C3H9N6OP/c4-1(5)11(10,2(6)7)3(8)9/h(H3,4,5)(H3,6,7)(H3,8,9). The van der Waals surface area contributed by atoms with Crippen molar-refractivity contribution in [3.05, 3.63) is 0 Å². The van der Waals surface area contributed by atoms with E-state index in [0.717, 1.165) is 0 Å². The molecular formula is C3H9N6OP. The lowest BCUT2D eigenvalue weighted by Crippen LogP contribution is -2.29. The highest BCUT2D eigenvalue weighted by molar-refractivity contribution is 8.06. The summed E-state index contributed by atoms with van der Waals surface area (Å²) in [6.45, 7) is 0. The van der Waals surface area contributed by atoms with Crippen molar-refractivity contribution in [3.8, 4) is 0 Å². The molecule has 0 aromatic carbocycles. The molecule has 8 heteroatoms. The number of hydrogen-bond acceptors (Lipinski definition) is 4. The number of nitrogens with two attached hydrogens (primary N) is 3. The summed E-state index contributed by atoms with van der Waals surface area (Å²) in [5.41, 5.74) is 12.0. The van der Waals surface area contributed by atoms with E-state index in [4.69, 9.17) is 33.4 Å². The highest BCUT2D eigenvalue weighted by Gasteiger charge is 2.33. The van der Waals surface area contributed by atoms with Crippen LogP contribution in [0.1, 0.15) is 0 Å². The average Bonchev–Trinajstić information content (AvgIpc) is 1.84. The van der Waals surface area contributed by atoms with Crippen LogP contribution in [0.4, 0.5) is 0 Å². The van der Waals surface area contributed by atoms with E-state index >= 15 is 0 Å². The third kappa shape index (κ3) is 1.38. The van der Waals surface area contributed by atoms with Crippen LogP contribution in [-0.4, -0.2) is 16.7 Å². The second-order valence-electron chi connectivity index (χ2n) is 1.76. The van der Waals surface area contributed by atoms with Crippen LogP contribution in [-0.2, 0) is 4.57 Å². The molecule has 0 atom stereocenters. The Morgan fingerprint density at radius 1 is 0.909 bits per heavy atom. The second kappa shape index (κ2) is 2.71. The summed E-state index contributed by atoms with van der Waals surface area (Å²) < 4.78 is 11.3. The molecule has 7 nitrogen and oxygen atoms in total. The van der Waals surface area contributed by atoms with E-state index in [-0.39, 0.29) is 0 Å². The van der Waals surface area contributed by atoms with Gasteiger partial charge in [0, 0.05) is 0 Å². The lowest BCUT2D eigenvalue weighted by Gasteiger charge is -2.11. The Bertz CT molecular complexity index is 226. The minimum absolute atomic E-state index is 0.836. The highest BCUT2D eigenvalue weighted by Crippen LogP contribution is 2.43. The number of rotatable bonds is 3. The summed E-state index contributed by atoms with van der Waals surface area (Å²) >= 11 is 0. The molecule has 9 N–H and O–H groups in total. The van der Waals surface area contributed by atoms with Gasteiger partial charge in [0.1, 0.15) is 0 Å². The van der Waals surface area contributed by atoms with E-state index in [0.29, 0.717) is 0 Å². The van der Waals surface area contributed by atoms with Gasteiger partial charge < -0.3 is 17.2 Å². The number of hydrogen-bond donors (Lipinski definition) is 6. The molecule has 0 aromatic rings. The minimum Gasteiger partial charge on any atom is -0.381 e. The van der Waals surface area contributed by atoms with Gasteiger partial charge >= 0.3 is 0 Å². The van der Waals surface area contributed by atoms with Gasteiger partial charge in [0.2, 0.25) is 0 Å². The van der Waals surface area contributed by atoms with Crippen molar-refractivity contribution in [2.24, 2.45) is 17.2 Å². The van der Waals surface area contributed by atoms with Crippen LogP contribution < -0.4 is 17.2 Å². The molecule has 0 aliphatic rings. The van der Waals surface area contributed by atoms with Gasteiger partial charge in [0.25, 0.3) is 7.14 Å². The number of nitrogens with one attached hydrogen (secondary N) is 3. The topological polar surface area (TPSA) is 167 Å². The van der Waals surface area contributed by atoms with Gasteiger partial charge in [-0.2, -0.15) is 0 Å². The first kappa shape index (κ1) is 9.64. The first-order valence-corrected chi connectivity index (χ1v) is 4.18. The first-order valence-electron chi connectivity index (χ1n) is 2.47. The van der Waals surface area contributed by atoms with Crippen molar-refractivity contribution in [1.82, 2.24) is 0 Å². The van der Waals surface area contributed by atoms with Gasteiger partial charge in [-0.25, -0.2) is 0 Å². The van der Waals surface area contributed by atoms with E-state index in [1.807, 2.05) is 0 Å². The van der Waals surface area contributed by atoms with Gasteiger partial charge in [0.05, 0.1) is 0 Å². The maximum atomic E-state index is 11.3. The van der Waals surface area contributed by atoms with Gasteiger partial charge in [-0.1, -0.05) is 0 Å². The molecule has 0 aliphatic heterocycles. The summed E-state index contributed by atoms with van der Waals surface area (Å²) in [5.74, 6) is 0. The lowest BCUT2D eigenvalue weighted by atomic mass is 11.3. The van der Waals surface area contributed by atoms with Crippen LogP contribution in [0.15, 0.2) is 0 Å². The molecule has 0 fully saturated rings. The van der Waals surface area contributed by atoms with Crippen molar-refractivity contribution in [2.75, 3.05) is 0 Å². The maximum absolute atomic E-state index is 11.3. The molecule has 0 amide bonds. The second-order valence-corrected chi connectivity index (χ2v) is 4.43. The van der Waals surface area contributed by atoms with Crippen LogP contribution in [0.5, 0.6) is 0 Å². The Hall–Kier alpha value is -1.36. The quantitative estimate of drug-likeness (QED) is 0.185. The van der Waals surface area contributed by atoms with Gasteiger partial charge in [-0.3, -0.25) is 20.8 Å². The maximum Gasteiger partial charge on any atom is 0.268 e. The van der Waals surface area contributed by atoms with Gasteiger partial charge in [-0.15, -0.1) is 0 Å². The Morgan fingerprint density at radius 3 is 1.09 bits per heavy atom. The fourth-order valence-corrected chi connectivity index (χ4v) is 1.17. The van der Waals surface area contributed by atoms with E-state index in [2.05, 4.69) is 0 Å². The Kier molecular flexibility index (Phi) is 2.38. The van der Waals surface area contributed by atoms with Crippen molar-refractivity contribution in [2.45, 2.75) is 0 Å². The van der Waals surface area contributed by atoms with Crippen molar-refractivity contribution in [3.63, 3.8) is 0 Å². The van der Waals surface area contributed by atoms with Crippen LogP contribution in [0.2, 0.25) is 0 Å². The van der Waals surface area contributed by atoms with E-state index in [1.165, 1.54) is 0 Å². The van der Waals surface area contributed by atoms with E-state index < -0.39 is 23.9 Å². The molecule has 0 saturated heterocycles. The summed E-state index contributed by atoms with van der Waals surface area (Å²) in [6.07, 6.45) is 0. The van der Waals surface area contributed by atoms with Crippen molar-refractivity contribution >= 4 is 23.9 Å². The summed E-state index contributed by atoms with van der Waals surface area (Å²) in [5, 5.41) is 20.3. The van der Waals surface area contributed by atoms with E-state index in [9.17, 15) is 4.57 Å². The Labute approximate surface area is 62.8 Å². The third-order valence-electron chi connectivity index (χ3n) is 1.02. The van der Waals surface area contributed by atoms with Crippen LogP contribution in [0, 0.1) is 16.2 Å². The zero-order valence-electron chi connectivity index (χ0n) is 5.59. The average molecular weight is 176 g/mol. The zero-order valence-corrected chi connectivity index (χ0v) is 6.48. The number of amidine groups is 3. The molecule has 62 valence electrons. The van der Waals surface area contributed by atoms with Crippen LogP contribution in [0.3, 0.4) is 0 Å². The summed E-state index contributed by atoms with van der Waals surface area (Å²) in [4.78, 5) is 0. The molecule has 0 radical (unpaired) electrons. The Balaban J connectivity index is 5.18. The summed E-state index contributed by atoms with van der Waals surface area (Å²) in [6, 6.07) is 0. The van der Waals surface area contributed by atoms with Crippen molar-refractivity contribution < 1.29 is 4.57 Å². The SMILES string of the molecule is N=C(N)P(=O)(C(=N)N)C(=N)N. The molecule has 11 heavy (non-hydrogen) atoms. The zero-order chi connectivity index (χ0) is 9.23. The van der Waals surface area contributed by atoms with Crippen molar-refractivity contribution in [1.29, 1.82) is 16.2 Å². The lowest BCUT2D eigenvalue weighted by molar-refractivity contribution is 0.595. The predicted octanol–water partition coefficient (Wildman–Crippen LogP) is -0.970. The molecule has 0 rings (SSSR count). The van der Waals surface area contributed by atoms with Crippen LogP contribution >= 0.6 is 7.14 Å². The molecular weight excluding hydrogens is 167 g/mol. The molecule has 0 saturated carbocycles. The normalized spacial score (nSPS) is 14.9. The molecule has 0 spiro atoms. The minimum atomic E-state index is -3.85. The fraction of sp³-hybridized carbons (Fsp3) is 0. The molecule has 0 heterocycles. The fourth-order valence-electron chi connectivity index (χ4n) is 0.389. The largest absolute Gasteiger partial charge is 0.381 e. The molecule has 0 aliphatic carbocycles. The highest BCUT2D eigenvalue weighted by atomic mass is 31.2. The van der Waals surface area contributed by atoms with Gasteiger partial charge in [0.15, 0.2) is 16.7 Å². The molecule has 0 unspecified atom stereocenters. The Morgan fingerprint density at radius 2 is 1.09 bits per heavy atom. The van der Waals surface area contributed by atoms with Gasteiger partial charge in [-0.05, 0) is 0 Å². The smallest absolute Gasteiger partial charge is 0.268 e. The molecule has 0 aromatic heterocycles. The molecule has 0 bridgehead atoms. The third-order valence-corrected chi connectivity index (χ3v) is 3.05.